The average Bonchev–Trinajstić information content (AvgIpc) is 2.96. The monoisotopic (exact) mass is 649 g/mol. The molecule has 0 aromatic heterocycles. The summed E-state index contributed by atoms with van der Waals surface area (Å²) >= 11 is 0. The van der Waals surface area contributed by atoms with Crippen molar-refractivity contribution in [1.82, 2.24) is 0 Å². The molecule has 0 amide bonds. The molecule has 268 valence electrons. The molecule has 0 fully saturated rings. The topological polar surface area (TPSA) is 77.8 Å². The maximum atomic E-state index is 8.88. The predicted molar refractivity (Wildman–Crippen MR) is 195 cm³/mol. The smallest absolute Gasteiger partial charge is 0.328 e. The van der Waals surface area contributed by atoms with Gasteiger partial charge in [-0.3, -0.25) is 0 Å². The minimum atomic E-state index is -4.64. The summed E-state index contributed by atoms with van der Waals surface area (Å²) in [5.74, 6) is 0. The standard InChI is InChI=1S/C38H80N.H3O4P/c1-5-7-9-11-13-15-17-19-21-23-25-27-29-31-33-35-37-39(3,4)38-36-34-32-30-28-26-24-22-20-18-16-14-12-10-8-6-2;1-5(2,3)4/h5-38H2,1-4H3;(H3,1,2,3,4)/q+1;. The van der Waals surface area contributed by atoms with Gasteiger partial charge >= 0.3 is 7.82 Å². The SMILES string of the molecule is CCCCCCCCCCCCCCCCCC[N+](C)(C)CCCCCCCCCCCCCCCCCC.O=P(O)(O)O. The molecule has 0 spiro atoms. The molecule has 0 heterocycles. The summed E-state index contributed by atoms with van der Waals surface area (Å²) in [5, 5.41) is 0. The number of hydrogen-bond donors (Lipinski definition) is 3. The van der Waals surface area contributed by atoms with E-state index < -0.39 is 7.82 Å². The van der Waals surface area contributed by atoms with E-state index >= 15 is 0 Å². The molecule has 3 N–H and O–H groups in total. The van der Waals surface area contributed by atoms with Gasteiger partial charge in [0.25, 0.3) is 0 Å². The van der Waals surface area contributed by atoms with Crippen molar-refractivity contribution in [3.63, 3.8) is 0 Å². The lowest BCUT2D eigenvalue weighted by molar-refractivity contribution is -0.890. The fourth-order valence-electron chi connectivity index (χ4n) is 6.29. The highest BCUT2D eigenvalue weighted by atomic mass is 31.2. The predicted octanol–water partition coefficient (Wildman–Crippen LogP) is 12.7. The fraction of sp³-hybridized carbons (Fsp3) is 1.00. The van der Waals surface area contributed by atoms with E-state index in [9.17, 15) is 0 Å². The van der Waals surface area contributed by atoms with Crippen molar-refractivity contribution in [2.45, 2.75) is 219 Å². The van der Waals surface area contributed by atoms with E-state index in [1.807, 2.05) is 0 Å². The van der Waals surface area contributed by atoms with Crippen LogP contribution in [0.4, 0.5) is 0 Å². The van der Waals surface area contributed by atoms with E-state index in [0.29, 0.717) is 0 Å². The van der Waals surface area contributed by atoms with E-state index in [1.165, 1.54) is 223 Å². The molecular formula is C38H83NO4P+. The summed E-state index contributed by atoms with van der Waals surface area (Å²) in [7, 11) is 0.298. The van der Waals surface area contributed by atoms with Crippen molar-refractivity contribution in [2.75, 3.05) is 27.2 Å². The van der Waals surface area contributed by atoms with Crippen molar-refractivity contribution < 1.29 is 23.7 Å². The van der Waals surface area contributed by atoms with Crippen molar-refractivity contribution in [3.05, 3.63) is 0 Å². The van der Waals surface area contributed by atoms with Crippen molar-refractivity contribution in [2.24, 2.45) is 0 Å². The lowest BCUT2D eigenvalue weighted by Crippen LogP contribution is -2.41. The van der Waals surface area contributed by atoms with E-state index in [-0.39, 0.29) is 0 Å². The summed E-state index contributed by atoms with van der Waals surface area (Å²) in [6.07, 6.45) is 46.9. The van der Waals surface area contributed by atoms with E-state index in [0.717, 1.165) is 0 Å². The van der Waals surface area contributed by atoms with Gasteiger partial charge in [0.1, 0.15) is 0 Å². The third kappa shape index (κ3) is 49.0. The third-order valence-electron chi connectivity index (χ3n) is 9.23. The number of unbranched alkanes of at least 4 members (excludes halogenated alkanes) is 30. The first-order valence-corrected chi connectivity index (χ1v) is 21.3. The molecule has 0 radical (unpaired) electrons. The Morgan fingerprint density at radius 1 is 0.341 bits per heavy atom. The summed E-state index contributed by atoms with van der Waals surface area (Å²) in [5.41, 5.74) is 0. The number of phosphoric acid groups is 1. The minimum Gasteiger partial charge on any atom is -0.328 e. The zero-order chi connectivity index (χ0) is 33.0. The van der Waals surface area contributed by atoms with Gasteiger partial charge < -0.3 is 19.2 Å². The van der Waals surface area contributed by atoms with Gasteiger partial charge in [0.15, 0.2) is 0 Å². The molecule has 0 aliphatic carbocycles. The fourth-order valence-corrected chi connectivity index (χ4v) is 6.29. The normalized spacial score (nSPS) is 12.0. The number of rotatable bonds is 34. The van der Waals surface area contributed by atoms with Crippen molar-refractivity contribution in [3.8, 4) is 0 Å². The Morgan fingerprint density at radius 2 is 0.477 bits per heavy atom. The van der Waals surface area contributed by atoms with Crippen LogP contribution in [0.3, 0.4) is 0 Å². The lowest BCUT2D eigenvalue weighted by atomic mass is 10.0. The number of nitrogens with zero attached hydrogens (tertiary/aromatic N) is 1. The molecule has 0 atom stereocenters. The maximum Gasteiger partial charge on any atom is 0.466 e. The van der Waals surface area contributed by atoms with Gasteiger partial charge in [-0.1, -0.05) is 194 Å². The Labute approximate surface area is 277 Å². The molecule has 6 heteroatoms. The number of hydrogen-bond acceptors (Lipinski definition) is 1. The van der Waals surface area contributed by atoms with Gasteiger partial charge in [-0.15, -0.1) is 0 Å². The molecule has 0 bridgehead atoms. The zero-order valence-corrected chi connectivity index (χ0v) is 31.6. The maximum absolute atomic E-state index is 8.88. The largest absolute Gasteiger partial charge is 0.466 e. The second kappa shape index (κ2) is 35.9. The van der Waals surface area contributed by atoms with Crippen LogP contribution in [-0.2, 0) is 4.57 Å². The third-order valence-corrected chi connectivity index (χ3v) is 9.23. The molecule has 0 aromatic rings. The van der Waals surface area contributed by atoms with Gasteiger partial charge in [0.05, 0.1) is 27.2 Å². The number of quaternary nitrogens is 1. The van der Waals surface area contributed by atoms with Crippen LogP contribution in [0.5, 0.6) is 0 Å². The summed E-state index contributed by atoms with van der Waals surface area (Å²) in [6.45, 7) is 7.39. The van der Waals surface area contributed by atoms with E-state index in [2.05, 4.69) is 27.9 Å². The highest BCUT2D eigenvalue weighted by Crippen LogP contribution is 2.25. The molecule has 0 unspecified atom stereocenters. The van der Waals surface area contributed by atoms with Crippen LogP contribution in [0.15, 0.2) is 0 Å². The summed E-state index contributed by atoms with van der Waals surface area (Å²) in [4.78, 5) is 21.6. The Hall–Kier alpha value is 0.0700. The Balaban J connectivity index is 0. The van der Waals surface area contributed by atoms with Crippen LogP contribution in [0, 0.1) is 0 Å². The average molecular weight is 649 g/mol. The highest BCUT2D eigenvalue weighted by molar-refractivity contribution is 7.45. The van der Waals surface area contributed by atoms with Crippen LogP contribution in [0.1, 0.15) is 219 Å². The molecule has 0 saturated heterocycles. The molecule has 0 saturated carbocycles. The van der Waals surface area contributed by atoms with Gasteiger partial charge in [-0.05, 0) is 25.7 Å². The summed E-state index contributed by atoms with van der Waals surface area (Å²) in [6, 6.07) is 0. The molecule has 0 aliphatic rings. The van der Waals surface area contributed by atoms with Gasteiger partial charge in [-0.25, -0.2) is 4.57 Å². The minimum absolute atomic E-state index is 1.25. The Bertz CT molecular complexity index is 535. The lowest BCUT2D eigenvalue weighted by Gasteiger charge is -2.30. The van der Waals surface area contributed by atoms with Gasteiger partial charge in [0.2, 0.25) is 0 Å². The second-order valence-electron chi connectivity index (χ2n) is 14.5. The van der Waals surface area contributed by atoms with Crippen LogP contribution in [0.25, 0.3) is 0 Å². The first-order valence-electron chi connectivity index (χ1n) is 19.7. The van der Waals surface area contributed by atoms with Gasteiger partial charge in [-0.2, -0.15) is 0 Å². The van der Waals surface area contributed by atoms with Gasteiger partial charge in [0, 0.05) is 0 Å². The molecule has 0 rings (SSSR count). The molecular weight excluding hydrogens is 565 g/mol. The quantitative estimate of drug-likeness (QED) is 0.0368. The molecule has 44 heavy (non-hydrogen) atoms. The van der Waals surface area contributed by atoms with Crippen LogP contribution in [-0.4, -0.2) is 46.3 Å². The first kappa shape index (κ1) is 46.2. The van der Waals surface area contributed by atoms with Crippen molar-refractivity contribution >= 4 is 7.82 Å². The zero-order valence-electron chi connectivity index (χ0n) is 30.7. The Kier molecular flexibility index (Phi) is 37.7. The van der Waals surface area contributed by atoms with Crippen LogP contribution >= 0.6 is 7.82 Å². The van der Waals surface area contributed by atoms with Crippen LogP contribution in [0.2, 0.25) is 0 Å². The molecule has 0 aliphatic heterocycles. The molecule has 5 nitrogen and oxygen atoms in total. The van der Waals surface area contributed by atoms with E-state index in [4.69, 9.17) is 19.2 Å². The molecule has 0 aromatic carbocycles. The Morgan fingerprint density at radius 3 is 0.636 bits per heavy atom. The summed E-state index contributed by atoms with van der Waals surface area (Å²) < 4.78 is 10.1. The van der Waals surface area contributed by atoms with E-state index in [1.54, 1.807) is 0 Å². The van der Waals surface area contributed by atoms with Crippen molar-refractivity contribution in [1.29, 1.82) is 0 Å². The first-order chi connectivity index (χ1) is 21.1. The second-order valence-corrected chi connectivity index (χ2v) is 15.5. The van der Waals surface area contributed by atoms with Crippen LogP contribution < -0.4 is 0 Å². The highest BCUT2D eigenvalue weighted by Gasteiger charge is 2.13.